The molecule has 1 aliphatic rings. The van der Waals surface area contributed by atoms with E-state index in [4.69, 9.17) is 4.42 Å². The Morgan fingerprint density at radius 3 is 2.44 bits per heavy atom. The van der Waals surface area contributed by atoms with Crippen molar-refractivity contribution in [1.29, 1.82) is 0 Å². The molecule has 2 heterocycles. The van der Waals surface area contributed by atoms with Crippen molar-refractivity contribution in [2.75, 3.05) is 11.4 Å². The zero-order chi connectivity index (χ0) is 25.5. The number of amides is 3. The maximum absolute atomic E-state index is 13.8. The molecule has 4 rings (SSSR count). The van der Waals surface area contributed by atoms with E-state index in [-0.39, 0.29) is 24.3 Å². The molecule has 0 spiro atoms. The fraction of sp³-hybridized carbons (Fsp3) is 0.357. The van der Waals surface area contributed by atoms with Crippen LogP contribution in [0.4, 0.5) is 5.69 Å². The second-order valence-corrected chi connectivity index (χ2v) is 9.22. The minimum atomic E-state index is -0.926. The molecule has 8 nitrogen and oxygen atoms in total. The Morgan fingerprint density at radius 1 is 1.03 bits per heavy atom. The molecule has 36 heavy (non-hydrogen) atoms. The van der Waals surface area contributed by atoms with Gasteiger partial charge in [0.25, 0.3) is 5.91 Å². The second kappa shape index (κ2) is 11.7. The highest BCUT2D eigenvalue weighted by atomic mass is 16.3. The largest absolute Gasteiger partial charge is 0.459 e. The van der Waals surface area contributed by atoms with Crippen LogP contribution in [0, 0.1) is 13.8 Å². The smallest absolute Gasteiger partial charge is 0.287 e. The minimum Gasteiger partial charge on any atom is -0.459 e. The number of benzene rings is 1. The Bertz CT molecular complexity index is 1190. The number of hydrogen-bond acceptors (Lipinski definition) is 5. The summed E-state index contributed by atoms with van der Waals surface area (Å²) in [6.45, 7) is 3.65. The van der Waals surface area contributed by atoms with Crippen LogP contribution in [0.2, 0.25) is 0 Å². The highest BCUT2D eigenvalue weighted by Gasteiger charge is 2.34. The topological polar surface area (TPSA) is 105 Å². The van der Waals surface area contributed by atoms with E-state index in [1.165, 1.54) is 23.7 Å². The van der Waals surface area contributed by atoms with Crippen LogP contribution in [0.15, 0.2) is 65.5 Å². The van der Waals surface area contributed by atoms with Gasteiger partial charge in [0.15, 0.2) is 5.76 Å². The van der Waals surface area contributed by atoms with Crippen LogP contribution in [0.1, 0.15) is 65.4 Å². The lowest BCUT2D eigenvalue weighted by molar-refractivity contribution is -0.127. The van der Waals surface area contributed by atoms with Gasteiger partial charge in [0, 0.05) is 24.1 Å². The average molecular weight is 489 g/mol. The Morgan fingerprint density at radius 2 is 1.78 bits per heavy atom. The van der Waals surface area contributed by atoms with Gasteiger partial charge < -0.3 is 15.1 Å². The zero-order valence-corrected chi connectivity index (χ0v) is 20.7. The standard InChI is InChI=1S/C28H32N4O4/c1-19-10-11-23(17-20(19)2)32(25(33)18-30-27(34)24-9-6-16-36-24)26(21-12-14-29-15-13-21)28(35)31-22-7-4-3-5-8-22/h6,9-17,22,26H,3-5,7-8,18H2,1-2H3,(H,30,34)(H,31,35)/t26-/m1/s1. The van der Waals surface area contributed by atoms with Gasteiger partial charge in [-0.25, -0.2) is 0 Å². The van der Waals surface area contributed by atoms with Crippen LogP contribution >= 0.6 is 0 Å². The summed E-state index contributed by atoms with van der Waals surface area (Å²) in [5, 5.41) is 5.80. The van der Waals surface area contributed by atoms with E-state index in [2.05, 4.69) is 15.6 Å². The molecular weight excluding hydrogens is 456 g/mol. The van der Waals surface area contributed by atoms with E-state index in [0.717, 1.165) is 36.8 Å². The lowest BCUT2D eigenvalue weighted by Gasteiger charge is -2.33. The van der Waals surface area contributed by atoms with Crippen molar-refractivity contribution in [3.63, 3.8) is 0 Å². The van der Waals surface area contributed by atoms with Crippen LogP contribution in [-0.2, 0) is 9.59 Å². The molecule has 188 valence electrons. The van der Waals surface area contributed by atoms with Gasteiger partial charge in [0.05, 0.1) is 12.8 Å². The molecule has 3 amide bonds. The summed E-state index contributed by atoms with van der Waals surface area (Å²) in [6, 6.07) is 11.4. The van der Waals surface area contributed by atoms with E-state index in [9.17, 15) is 14.4 Å². The first-order chi connectivity index (χ1) is 17.4. The summed E-state index contributed by atoms with van der Waals surface area (Å²) in [5.41, 5.74) is 3.29. The maximum Gasteiger partial charge on any atom is 0.287 e. The Balaban J connectivity index is 1.68. The summed E-state index contributed by atoms with van der Waals surface area (Å²) >= 11 is 0. The van der Waals surface area contributed by atoms with Crippen molar-refractivity contribution in [1.82, 2.24) is 15.6 Å². The number of hydrogen-bond donors (Lipinski definition) is 2. The Labute approximate surface area is 211 Å². The normalized spacial score (nSPS) is 14.6. The summed E-state index contributed by atoms with van der Waals surface area (Å²) in [5.74, 6) is -1.06. The molecule has 0 saturated heterocycles. The van der Waals surface area contributed by atoms with E-state index >= 15 is 0 Å². The lowest BCUT2D eigenvalue weighted by Crippen LogP contribution is -2.49. The molecule has 0 aliphatic heterocycles. The first kappa shape index (κ1) is 25.2. The molecule has 1 saturated carbocycles. The van der Waals surface area contributed by atoms with Gasteiger partial charge in [-0.1, -0.05) is 25.3 Å². The number of furan rings is 1. The first-order valence-electron chi connectivity index (χ1n) is 12.4. The van der Waals surface area contributed by atoms with Gasteiger partial charge in [-0.3, -0.25) is 24.3 Å². The maximum atomic E-state index is 13.8. The number of nitrogens with zero attached hydrogens (tertiary/aromatic N) is 2. The SMILES string of the molecule is Cc1ccc(N(C(=O)CNC(=O)c2ccco2)[C@@H](C(=O)NC2CCCCC2)c2ccncc2)cc1C. The molecule has 1 fully saturated rings. The lowest BCUT2D eigenvalue weighted by atomic mass is 9.94. The van der Waals surface area contributed by atoms with Crippen molar-refractivity contribution < 1.29 is 18.8 Å². The molecule has 1 aliphatic carbocycles. The van der Waals surface area contributed by atoms with Gasteiger partial charge in [-0.05, 0) is 79.8 Å². The van der Waals surface area contributed by atoms with Crippen LogP contribution in [0.3, 0.4) is 0 Å². The summed E-state index contributed by atoms with van der Waals surface area (Å²) in [6.07, 6.45) is 9.77. The quantitative estimate of drug-likeness (QED) is 0.493. The number of nitrogens with one attached hydrogen (secondary N) is 2. The molecule has 1 aromatic carbocycles. The van der Waals surface area contributed by atoms with Gasteiger partial charge in [-0.2, -0.15) is 0 Å². The molecule has 3 aromatic rings. The predicted molar refractivity (Wildman–Crippen MR) is 136 cm³/mol. The van der Waals surface area contributed by atoms with Crippen molar-refractivity contribution in [3.05, 3.63) is 83.6 Å². The number of pyridine rings is 1. The highest BCUT2D eigenvalue weighted by Crippen LogP contribution is 2.30. The zero-order valence-electron chi connectivity index (χ0n) is 20.7. The fourth-order valence-corrected chi connectivity index (χ4v) is 4.54. The van der Waals surface area contributed by atoms with Gasteiger partial charge >= 0.3 is 0 Å². The first-order valence-corrected chi connectivity index (χ1v) is 12.4. The van der Waals surface area contributed by atoms with Gasteiger partial charge in [-0.15, -0.1) is 0 Å². The number of aromatic nitrogens is 1. The Kier molecular flexibility index (Phi) is 8.15. The number of carbonyl (C=O) groups excluding carboxylic acids is 3. The monoisotopic (exact) mass is 488 g/mol. The molecule has 0 bridgehead atoms. The number of aryl methyl sites for hydroxylation is 2. The van der Waals surface area contributed by atoms with Crippen LogP contribution in [0.25, 0.3) is 0 Å². The molecule has 8 heteroatoms. The molecule has 0 radical (unpaired) electrons. The van der Waals surface area contributed by atoms with Gasteiger partial charge in [0.2, 0.25) is 11.8 Å². The highest BCUT2D eigenvalue weighted by molar-refractivity contribution is 6.04. The van der Waals surface area contributed by atoms with E-state index in [0.29, 0.717) is 11.3 Å². The molecule has 0 unspecified atom stereocenters. The third kappa shape index (κ3) is 6.00. The fourth-order valence-electron chi connectivity index (χ4n) is 4.54. The molecule has 2 aromatic heterocycles. The van der Waals surface area contributed by atoms with Crippen molar-refractivity contribution in [2.45, 2.75) is 58.0 Å². The Hall–Kier alpha value is -3.94. The van der Waals surface area contributed by atoms with Gasteiger partial charge in [0.1, 0.15) is 6.04 Å². The van der Waals surface area contributed by atoms with Crippen molar-refractivity contribution in [2.24, 2.45) is 0 Å². The molecule has 2 N–H and O–H groups in total. The summed E-state index contributed by atoms with van der Waals surface area (Å²) in [4.78, 5) is 45.5. The van der Waals surface area contributed by atoms with Crippen molar-refractivity contribution in [3.8, 4) is 0 Å². The average Bonchev–Trinajstić information content (AvgIpc) is 3.44. The number of carbonyl (C=O) groups is 3. The minimum absolute atomic E-state index is 0.0750. The second-order valence-electron chi connectivity index (χ2n) is 9.22. The summed E-state index contributed by atoms with van der Waals surface area (Å²) in [7, 11) is 0. The number of anilines is 1. The number of rotatable bonds is 8. The summed E-state index contributed by atoms with van der Waals surface area (Å²) < 4.78 is 5.13. The van der Waals surface area contributed by atoms with Crippen LogP contribution < -0.4 is 15.5 Å². The van der Waals surface area contributed by atoms with E-state index in [1.54, 1.807) is 30.6 Å². The van der Waals surface area contributed by atoms with Crippen LogP contribution in [0.5, 0.6) is 0 Å². The van der Waals surface area contributed by atoms with Crippen molar-refractivity contribution >= 4 is 23.4 Å². The molecular formula is C28H32N4O4. The van der Waals surface area contributed by atoms with E-state index in [1.807, 2.05) is 32.0 Å². The van der Waals surface area contributed by atoms with Crippen LogP contribution in [-0.4, -0.2) is 35.3 Å². The third-order valence-electron chi connectivity index (χ3n) is 6.66. The third-order valence-corrected chi connectivity index (χ3v) is 6.66. The van der Waals surface area contributed by atoms with E-state index < -0.39 is 17.9 Å². The molecule has 1 atom stereocenters. The predicted octanol–water partition coefficient (Wildman–Crippen LogP) is 4.24.